The van der Waals surface area contributed by atoms with Crippen LogP contribution in [0.3, 0.4) is 0 Å². The molecule has 0 aliphatic rings. The summed E-state index contributed by atoms with van der Waals surface area (Å²) in [7, 11) is 1.33. The van der Waals surface area contributed by atoms with E-state index in [4.69, 9.17) is 37.8 Å². The molecule has 0 bridgehead atoms. The molecule has 0 spiro atoms. The van der Waals surface area contributed by atoms with Crippen LogP contribution in [0.2, 0.25) is 10.0 Å². The maximum Gasteiger partial charge on any atom is 0.166 e. The number of halogens is 4. The van der Waals surface area contributed by atoms with Crippen molar-refractivity contribution in [2.45, 2.75) is 24.5 Å². The molecule has 2 aromatic carbocycles. The van der Waals surface area contributed by atoms with E-state index in [1.807, 2.05) is 0 Å². The van der Waals surface area contributed by atoms with Crippen molar-refractivity contribution < 1.29 is 44.2 Å². The molecule has 0 radical (unpaired) electrons. The quantitative estimate of drug-likeness (QED) is 0.242. The summed E-state index contributed by atoms with van der Waals surface area (Å²) in [6.45, 7) is -1.81. The lowest BCUT2D eigenvalue weighted by Crippen LogP contribution is -2.48. The highest BCUT2D eigenvalue weighted by atomic mass is 35.5. The molecule has 10 nitrogen and oxygen atoms in total. The number of aliphatic hydroxyl groups excluding tert-OH is 4. The van der Waals surface area contributed by atoms with E-state index in [-0.39, 0.29) is 38.5 Å². The maximum atomic E-state index is 14.5. The van der Waals surface area contributed by atoms with Crippen molar-refractivity contribution in [2.75, 3.05) is 25.6 Å². The Morgan fingerprint density at radius 2 is 1.77 bits per heavy atom. The Balaban J connectivity index is 0.00000432. The zero-order valence-corrected chi connectivity index (χ0v) is 19.6. The Morgan fingerprint density at radius 3 is 2.40 bits per heavy atom. The van der Waals surface area contributed by atoms with Crippen LogP contribution in [0.5, 0.6) is 11.5 Å². The average molecular weight is 538 g/mol. The van der Waals surface area contributed by atoms with Gasteiger partial charge in [-0.2, -0.15) is 0 Å². The van der Waals surface area contributed by atoms with E-state index in [1.54, 1.807) is 0 Å². The van der Waals surface area contributed by atoms with Crippen LogP contribution >= 0.6 is 23.2 Å². The van der Waals surface area contributed by atoms with Crippen LogP contribution in [0.1, 0.15) is 0 Å². The molecule has 3 rings (SSSR count). The van der Waals surface area contributed by atoms with Gasteiger partial charge in [-0.3, -0.25) is 0 Å². The first-order chi connectivity index (χ1) is 16.2. The summed E-state index contributed by atoms with van der Waals surface area (Å²) < 4.78 is 38.9. The fourth-order valence-corrected chi connectivity index (χ4v) is 3.40. The number of anilines is 2. The Labute approximate surface area is 208 Å². The van der Waals surface area contributed by atoms with Gasteiger partial charge < -0.3 is 40.7 Å². The van der Waals surface area contributed by atoms with Gasteiger partial charge in [-0.05, 0) is 18.2 Å². The summed E-state index contributed by atoms with van der Waals surface area (Å²) in [6.07, 6.45) is -6.28. The highest BCUT2D eigenvalue weighted by Gasteiger charge is 2.34. The standard InChI is InChI=1S/C21H21Cl2F2N3O6.H2O/c1-33-14-4-9-13(5-15(14)34-16(7-30)20(32)19(31)11(24)6-29)26-8-27-21(9)28-12-3-2-10(22)17(23)18(12)25;/h2-5,8,11,16,19-20,29-32H,6-7H2,1H3,(H,26,27,28);1H2/t11-,16-,19+,20+;/m1./s1. The smallest absolute Gasteiger partial charge is 0.166 e. The number of hydrogen-bond donors (Lipinski definition) is 5. The minimum absolute atomic E-state index is 0. The van der Waals surface area contributed by atoms with Gasteiger partial charge in [0.2, 0.25) is 0 Å². The highest BCUT2D eigenvalue weighted by Crippen LogP contribution is 2.37. The van der Waals surface area contributed by atoms with E-state index < -0.39 is 43.5 Å². The predicted molar refractivity (Wildman–Crippen MR) is 125 cm³/mol. The van der Waals surface area contributed by atoms with E-state index in [9.17, 15) is 24.1 Å². The molecule has 1 aromatic heterocycles. The third-order valence-electron chi connectivity index (χ3n) is 4.94. The number of ether oxygens (including phenoxy) is 2. The lowest BCUT2D eigenvalue weighted by Gasteiger charge is -2.28. The monoisotopic (exact) mass is 537 g/mol. The lowest BCUT2D eigenvalue weighted by atomic mass is 10.0. The van der Waals surface area contributed by atoms with Crippen molar-refractivity contribution in [3.63, 3.8) is 0 Å². The molecule has 14 heteroatoms. The summed E-state index contributed by atoms with van der Waals surface area (Å²) in [5, 5.41) is 41.4. The number of hydrogen-bond acceptors (Lipinski definition) is 9. The molecule has 0 saturated carbocycles. The van der Waals surface area contributed by atoms with Gasteiger partial charge >= 0.3 is 0 Å². The van der Waals surface area contributed by atoms with Gasteiger partial charge in [0.1, 0.15) is 24.4 Å². The predicted octanol–water partition coefficient (Wildman–Crippen LogP) is 1.80. The van der Waals surface area contributed by atoms with E-state index >= 15 is 0 Å². The van der Waals surface area contributed by atoms with E-state index in [0.717, 1.165) is 0 Å². The molecule has 0 fully saturated rings. The summed E-state index contributed by atoms with van der Waals surface area (Å²) >= 11 is 11.7. The van der Waals surface area contributed by atoms with Crippen molar-refractivity contribution >= 4 is 45.6 Å². The van der Waals surface area contributed by atoms with Crippen LogP contribution in [0.25, 0.3) is 10.9 Å². The van der Waals surface area contributed by atoms with Crippen LogP contribution < -0.4 is 14.8 Å². The average Bonchev–Trinajstić information content (AvgIpc) is 2.85. The molecular formula is C21H23Cl2F2N3O7. The minimum Gasteiger partial charge on any atom is -0.493 e. The fraction of sp³-hybridized carbons (Fsp3) is 0.333. The molecule has 192 valence electrons. The largest absolute Gasteiger partial charge is 0.493 e. The molecule has 0 amide bonds. The third kappa shape index (κ3) is 6.16. The zero-order valence-electron chi connectivity index (χ0n) is 18.1. The van der Waals surface area contributed by atoms with Gasteiger partial charge in [-0.15, -0.1) is 0 Å². The first kappa shape index (κ1) is 28.7. The molecule has 0 aliphatic heterocycles. The van der Waals surface area contributed by atoms with Crippen LogP contribution in [0.15, 0.2) is 30.6 Å². The van der Waals surface area contributed by atoms with Crippen LogP contribution in [0.4, 0.5) is 20.3 Å². The van der Waals surface area contributed by atoms with Gasteiger partial charge in [0, 0.05) is 11.5 Å². The molecule has 0 unspecified atom stereocenters. The minimum atomic E-state index is -2.14. The lowest BCUT2D eigenvalue weighted by molar-refractivity contribution is -0.0981. The normalized spacial score (nSPS) is 14.5. The molecule has 3 aromatic rings. The molecule has 0 aliphatic carbocycles. The number of rotatable bonds is 10. The topological polar surface area (TPSA) is 169 Å². The molecule has 35 heavy (non-hydrogen) atoms. The number of fused-ring (bicyclic) bond motifs is 1. The second kappa shape index (κ2) is 12.4. The second-order valence-corrected chi connectivity index (χ2v) is 7.89. The fourth-order valence-electron chi connectivity index (χ4n) is 3.09. The number of methoxy groups -OCH3 is 1. The van der Waals surface area contributed by atoms with Gasteiger partial charge in [-0.1, -0.05) is 23.2 Å². The van der Waals surface area contributed by atoms with E-state index in [1.165, 1.54) is 37.7 Å². The SMILES string of the molecule is COc1cc2c(Nc3ccc(Cl)c(Cl)c3F)ncnc2cc1O[C@H](CO)[C@H](O)[C@@H](O)[C@H](F)CO.O. The third-order valence-corrected chi connectivity index (χ3v) is 5.72. The van der Waals surface area contributed by atoms with Crippen molar-refractivity contribution in [1.82, 2.24) is 9.97 Å². The zero-order chi connectivity index (χ0) is 25.0. The number of nitrogens with zero attached hydrogens (tertiary/aromatic N) is 2. The maximum absolute atomic E-state index is 14.5. The Bertz CT molecular complexity index is 1160. The van der Waals surface area contributed by atoms with Crippen molar-refractivity contribution in [3.05, 3.63) is 46.5 Å². The number of nitrogens with one attached hydrogen (secondary N) is 1. The summed E-state index contributed by atoms with van der Waals surface area (Å²) in [5.41, 5.74) is 0.315. The van der Waals surface area contributed by atoms with Gasteiger partial charge in [-0.25, -0.2) is 18.7 Å². The summed E-state index contributed by atoms with van der Waals surface area (Å²) in [5.74, 6) is -0.464. The van der Waals surface area contributed by atoms with E-state index in [2.05, 4.69) is 15.3 Å². The number of alkyl halides is 1. The highest BCUT2D eigenvalue weighted by molar-refractivity contribution is 6.42. The van der Waals surface area contributed by atoms with E-state index in [0.29, 0.717) is 10.9 Å². The Hall–Kier alpha value is -2.58. The van der Waals surface area contributed by atoms with Gasteiger partial charge in [0.05, 0.1) is 41.6 Å². The number of benzene rings is 2. The number of aliphatic hydroxyl groups is 4. The van der Waals surface area contributed by atoms with Crippen molar-refractivity contribution in [1.29, 1.82) is 0 Å². The molecule has 0 saturated heterocycles. The molecule has 4 atom stereocenters. The summed E-state index contributed by atoms with van der Waals surface area (Å²) in [6, 6.07) is 5.66. The van der Waals surface area contributed by atoms with Crippen LogP contribution in [-0.4, -0.2) is 80.7 Å². The van der Waals surface area contributed by atoms with Crippen LogP contribution in [-0.2, 0) is 0 Å². The first-order valence-electron chi connectivity index (χ1n) is 9.83. The summed E-state index contributed by atoms with van der Waals surface area (Å²) in [4.78, 5) is 8.25. The van der Waals surface area contributed by atoms with Gasteiger partial charge in [0.25, 0.3) is 0 Å². The van der Waals surface area contributed by atoms with Crippen molar-refractivity contribution in [2.24, 2.45) is 0 Å². The van der Waals surface area contributed by atoms with Crippen molar-refractivity contribution in [3.8, 4) is 11.5 Å². The molecule has 1 heterocycles. The van der Waals surface area contributed by atoms with Gasteiger partial charge in [0.15, 0.2) is 29.6 Å². The Kier molecular flexibility index (Phi) is 10.2. The number of aromatic nitrogens is 2. The first-order valence-corrected chi connectivity index (χ1v) is 10.6. The van der Waals surface area contributed by atoms with Crippen LogP contribution in [0, 0.1) is 5.82 Å². The molecule has 7 N–H and O–H groups in total. The second-order valence-electron chi connectivity index (χ2n) is 7.11. The molecular weight excluding hydrogens is 515 g/mol. The Morgan fingerprint density at radius 1 is 1.06 bits per heavy atom.